The smallest absolute Gasteiger partial charge is 0.214 e. The minimum atomic E-state index is -3.26. The summed E-state index contributed by atoms with van der Waals surface area (Å²) in [7, 11) is -1.63. The molecular weight excluding hydrogens is 264 g/mol. The maximum absolute atomic E-state index is 12.4. The Bertz CT molecular complexity index is 379. The Morgan fingerprint density at radius 2 is 1.95 bits per heavy atom. The fraction of sp³-hybridized carbons (Fsp3) is 1.00. The zero-order valence-corrected chi connectivity index (χ0v) is 12.5. The molecule has 2 aliphatic rings. The van der Waals surface area contributed by atoms with Crippen LogP contribution in [0.2, 0.25) is 0 Å². The Balaban J connectivity index is 1.97. The first-order chi connectivity index (χ1) is 9.00. The molecule has 1 aliphatic carbocycles. The first kappa shape index (κ1) is 15.2. The SMILES string of the molecule is CN(C1CCCCC1O)S(=O)(=O)CC1CCCNC1. The number of hydrogen-bond acceptors (Lipinski definition) is 4. The van der Waals surface area contributed by atoms with Crippen molar-refractivity contribution in [3.63, 3.8) is 0 Å². The van der Waals surface area contributed by atoms with Crippen LogP contribution in [0.1, 0.15) is 38.5 Å². The predicted molar refractivity (Wildman–Crippen MR) is 75.4 cm³/mol. The molecule has 19 heavy (non-hydrogen) atoms. The van der Waals surface area contributed by atoms with Crippen LogP contribution in [0.15, 0.2) is 0 Å². The molecule has 2 rings (SSSR count). The van der Waals surface area contributed by atoms with Crippen LogP contribution in [0.4, 0.5) is 0 Å². The highest BCUT2D eigenvalue weighted by molar-refractivity contribution is 7.89. The van der Waals surface area contributed by atoms with Gasteiger partial charge in [-0.05, 0) is 44.7 Å². The highest BCUT2D eigenvalue weighted by atomic mass is 32.2. The van der Waals surface area contributed by atoms with Crippen molar-refractivity contribution in [1.82, 2.24) is 9.62 Å². The molecule has 0 spiro atoms. The van der Waals surface area contributed by atoms with Gasteiger partial charge in [-0.15, -0.1) is 0 Å². The molecule has 2 fully saturated rings. The number of rotatable bonds is 4. The summed E-state index contributed by atoms with van der Waals surface area (Å²) in [4.78, 5) is 0. The van der Waals surface area contributed by atoms with Crippen molar-refractivity contribution in [2.45, 2.75) is 50.7 Å². The van der Waals surface area contributed by atoms with Gasteiger partial charge in [0.1, 0.15) is 0 Å². The fourth-order valence-electron chi connectivity index (χ4n) is 3.20. The molecule has 2 N–H and O–H groups in total. The molecule has 0 aromatic rings. The van der Waals surface area contributed by atoms with Gasteiger partial charge in [-0.2, -0.15) is 4.31 Å². The lowest BCUT2D eigenvalue weighted by Crippen LogP contribution is -2.48. The van der Waals surface area contributed by atoms with Crippen molar-refractivity contribution < 1.29 is 13.5 Å². The van der Waals surface area contributed by atoms with Crippen LogP contribution in [-0.2, 0) is 10.0 Å². The molecule has 5 nitrogen and oxygen atoms in total. The van der Waals surface area contributed by atoms with Crippen LogP contribution < -0.4 is 5.32 Å². The summed E-state index contributed by atoms with van der Waals surface area (Å²) in [5, 5.41) is 13.2. The molecule has 0 radical (unpaired) electrons. The van der Waals surface area contributed by atoms with Crippen LogP contribution in [0.5, 0.6) is 0 Å². The van der Waals surface area contributed by atoms with Gasteiger partial charge < -0.3 is 10.4 Å². The van der Waals surface area contributed by atoms with Crippen LogP contribution in [-0.4, -0.2) is 55.9 Å². The molecule has 0 bridgehead atoms. The number of hydrogen-bond donors (Lipinski definition) is 2. The molecule has 1 saturated carbocycles. The number of piperidine rings is 1. The van der Waals surface area contributed by atoms with E-state index in [9.17, 15) is 13.5 Å². The first-order valence-corrected chi connectivity index (χ1v) is 8.96. The average molecular weight is 290 g/mol. The van der Waals surface area contributed by atoms with Crippen LogP contribution in [0.25, 0.3) is 0 Å². The van der Waals surface area contributed by atoms with Gasteiger partial charge in [-0.25, -0.2) is 8.42 Å². The van der Waals surface area contributed by atoms with Crippen molar-refractivity contribution in [2.24, 2.45) is 5.92 Å². The molecule has 0 amide bonds. The molecule has 1 saturated heterocycles. The summed E-state index contributed by atoms with van der Waals surface area (Å²) < 4.78 is 26.3. The van der Waals surface area contributed by atoms with Gasteiger partial charge in [-0.1, -0.05) is 12.8 Å². The fourth-order valence-corrected chi connectivity index (χ4v) is 4.98. The molecule has 3 atom stereocenters. The van der Waals surface area contributed by atoms with E-state index in [0.717, 1.165) is 51.6 Å². The third kappa shape index (κ3) is 3.90. The summed E-state index contributed by atoms with van der Waals surface area (Å²) in [6, 6.07) is -0.227. The average Bonchev–Trinajstić information content (AvgIpc) is 2.39. The van der Waals surface area contributed by atoms with Gasteiger partial charge in [0.05, 0.1) is 17.9 Å². The minimum absolute atomic E-state index is 0.208. The van der Waals surface area contributed by atoms with Gasteiger partial charge >= 0.3 is 0 Å². The number of sulfonamides is 1. The highest BCUT2D eigenvalue weighted by Crippen LogP contribution is 2.25. The van der Waals surface area contributed by atoms with E-state index in [1.807, 2.05) is 0 Å². The summed E-state index contributed by atoms with van der Waals surface area (Å²) >= 11 is 0. The van der Waals surface area contributed by atoms with Crippen molar-refractivity contribution >= 4 is 10.0 Å². The second kappa shape index (κ2) is 6.52. The van der Waals surface area contributed by atoms with Crippen molar-refractivity contribution in [1.29, 1.82) is 0 Å². The van der Waals surface area contributed by atoms with Crippen molar-refractivity contribution in [2.75, 3.05) is 25.9 Å². The molecule has 6 heteroatoms. The number of aliphatic hydroxyl groups is 1. The summed E-state index contributed by atoms with van der Waals surface area (Å²) in [6.07, 6.45) is 5.03. The predicted octanol–water partition coefficient (Wildman–Crippen LogP) is 0.551. The summed E-state index contributed by atoms with van der Waals surface area (Å²) in [5.74, 6) is 0.418. The lowest BCUT2D eigenvalue weighted by atomic mass is 9.93. The van der Waals surface area contributed by atoms with E-state index in [0.29, 0.717) is 0 Å². The van der Waals surface area contributed by atoms with Gasteiger partial charge in [0.2, 0.25) is 10.0 Å². The monoisotopic (exact) mass is 290 g/mol. The molecule has 1 heterocycles. The van der Waals surface area contributed by atoms with E-state index in [1.54, 1.807) is 7.05 Å². The lowest BCUT2D eigenvalue weighted by molar-refractivity contribution is 0.0636. The van der Waals surface area contributed by atoms with Gasteiger partial charge in [0.25, 0.3) is 0 Å². The Hall–Kier alpha value is -0.170. The summed E-state index contributed by atoms with van der Waals surface area (Å²) in [6.45, 7) is 1.79. The molecule has 1 aliphatic heterocycles. The normalized spacial score (nSPS) is 33.5. The standard InChI is InChI=1S/C13H26N2O3S/c1-15(12-6-2-3-7-13(12)16)19(17,18)10-11-5-4-8-14-9-11/h11-14,16H,2-10H2,1H3. The van der Waals surface area contributed by atoms with E-state index in [-0.39, 0.29) is 17.7 Å². The Labute approximate surface area is 116 Å². The Kier molecular flexibility index (Phi) is 5.22. The van der Waals surface area contributed by atoms with E-state index in [2.05, 4.69) is 5.32 Å². The number of nitrogens with one attached hydrogen (secondary N) is 1. The third-order valence-electron chi connectivity index (χ3n) is 4.45. The maximum atomic E-state index is 12.4. The largest absolute Gasteiger partial charge is 0.391 e. The minimum Gasteiger partial charge on any atom is -0.391 e. The second-order valence-electron chi connectivity index (χ2n) is 5.93. The molecule has 3 unspecified atom stereocenters. The highest BCUT2D eigenvalue weighted by Gasteiger charge is 2.34. The van der Waals surface area contributed by atoms with Crippen molar-refractivity contribution in [3.05, 3.63) is 0 Å². The maximum Gasteiger partial charge on any atom is 0.214 e. The van der Waals surface area contributed by atoms with Crippen LogP contribution in [0.3, 0.4) is 0 Å². The Morgan fingerprint density at radius 3 is 2.58 bits per heavy atom. The van der Waals surface area contributed by atoms with Crippen LogP contribution >= 0.6 is 0 Å². The number of nitrogens with zero attached hydrogens (tertiary/aromatic N) is 1. The van der Waals surface area contributed by atoms with Gasteiger partial charge in [0, 0.05) is 7.05 Å². The van der Waals surface area contributed by atoms with Gasteiger partial charge in [-0.3, -0.25) is 0 Å². The zero-order chi connectivity index (χ0) is 13.9. The zero-order valence-electron chi connectivity index (χ0n) is 11.7. The third-order valence-corrected chi connectivity index (χ3v) is 6.49. The quantitative estimate of drug-likeness (QED) is 0.793. The molecule has 112 valence electrons. The van der Waals surface area contributed by atoms with E-state index in [1.165, 1.54) is 4.31 Å². The van der Waals surface area contributed by atoms with E-state index >= 15 is 0 Å². The first-order valence-electron chi connectivity index (χ1n) is 7.35. The molecular formula is C13H26N2O3S. The summed E-state index contributed by atoms with van der Waals surface area (Å²) in [5.41, 5.74) is 0. The lowest BCUT2D eigenvalue weighted by Gasteiger charge is -2.35. The molecule has 0 aromatic heterocycles. The van der Waals surface area contributed by atoms with E-state index in [4.69, 9.17) is 0 Å². The van der Waals surface area contributed by atoms with Gasteiger partial charge in [0.15, 0.2) is 0 Å². The number of likely N-dealkylation sites (N-methyl/N-ethyl adjacent to an activating group) is 1. The topological polar surface area (TPSA) is 69.6 Å². The Morgan fingerprint density at radius 1 is 1.21 bits per heavy atom. The van der Waals surface area contributed by atoms with Crippen molar-refractivity contribution in [3.8, 4) is 0 Å². The number of aliphatic hydroxyl groups excluding tert-OH is 1. The van der Waals surface area contributed by atoms with E-state index < -0.39 is 16.1 Å². The second-order valence-corrected chi connectivity index (χ2v) is 8.00. The molecule has 0 aromatic carbocycles. The van der Waals surface area contributed by atoms with Crippen LogP contribution in [0, 0.1) is 5.92 Å².